The minimum absolute atomic E-state index is 0.304. The molecule has 1 unspecified atom stereocenters. The molecule has 0 nitrogen and oxygen atoms in total. The maximum Gasteiger partial charge on any atom is 0.0722 e. The Hall–Kier alpha value is -0.600. The molecule has 0 aliphatic heterocycles. The molecule has 1 aliphatic rings. The van der Waals surface area contributed by atoms with E-state index in [1.165, 1.54) is 26.4 Å². The van der Waals surface area contributed by atoms with Crippen LogP contribution in [0, 0.1) is 0 Å². The van der Waals surface area contributed by atoms with Crippen LogP contribution >= 0.6 is 31.9 Å². The Labute approximate surface area is 105 Å². The lowest BCUT2D eigenvalue weighted by molar-refractivity contribution is 1.31. The number of fused-ring (bicyclic) bond motifs is 3. The highest BCUT2D eigenvalue weighted by Gasteiger charge is 2.22. The van der Waals surface area contributed by atoms with Gasteiger partial charge in [0, 0.05) is 4.48 Å². The highest BCUT2D eigenvalue weighted by atomic mass is 79.9. The number of rotatable bonds is 0. The van der Waals surface area contributed by atoms with E-state index in [2.05, 4.69) is 74.3 Å². The van der Waals surface area contributed by atoms with Crippen LogP contribution in [0.1, 0.15) is 16.0 Å². The molecule has 1 atom stereocenters. The van der Waals surface area contributed by atoms with Crippen LogP contribution < -0.4 is 0 Å². The van der Waals surface area contributed by atoms with Crippen LogP contribution in [-0.4, -0.2) is 0 Å². The van der Waals surface area contributed by atoms with Gasteiger partial charge in [0.2, 0.25) is 0 Å². The molecule has 74 valence electrons. The molecule has 0 radical (unpaired) electrons. The number of alkyl halides is 1. The maximum atomic E-state index is 3.71. The van der Waals surface area contributed by atoms with Crippen LogP contribution in [-0.2, 0) is 0 Å². The molecule has 0 N–H and O–H groups in total. The number of halogens is 2. The minimum Gasteiger partial charge on any atom is -0.0780 e. The van der Waals surface area contributed by atoms with E-state index >= 15 is 0 Å². The summed E-state index contributed by atoms with van der Waals surface area (Å²) in [6, 6.07) is 12.9. The van der Waals surface area contributed by atoms with E-state index in [4.69, 9.17) is 0 Å². The Kier molecular flexibility index (Phi) is 2.22. The van der Waals surface area contributed by atoms with E-state index in [-0.39, 0.29) is 0 Å². The minimum atomic E-state index is 0.304. The average Bonchev–Trinajstić information content (AvgIpc) is 2.55. The second-order valence-electron chi connectivity index (χ2n) is 3.68. The van der Waals surface area contributed by atoms with Crippen LogP contribution in [0.25, 0.3) is 16.8 Å². The monoisotopic (exact) mass is 322 g/mol. The van der Waals surface area contributed by atoms with Crippen LogP contribution in [0.15, 0.2) is 40.9 Å². The van der Waals surface area contributed by atoms with Gasteiger partial charge in [0.05, 0.1) is 4.83 Å². The summed E-state index contributed by atoms with van der Waals surface area (Å²) in [6.45, 7) is 0. The van der Waals surface area contributed by atoms with E-state index in [1.807, 2.05) is 0 Å². The first-order chi connectivity index (χ1) is 7.27. The van der Waals surface area contributed by atoms with Gasteiger partial charge < -0.3 is 0 Å². The highest BCUT2D eigenvalue weighted by Crippen LogP contribution is 2.46. The molecule has 3 rings (SSSR count). The second-order valence-corrected chi connectivity index (χ2v) is 5.51. The summed E-state index contributed by atoms with van der Waals surface area (Å²) in [5.74, 6) is 0. The zero-order valence-electron chi connectivity index (χ0n) is 7.87. The first-order valence-electron chi connectivity index (χ1n) is 4.80. The Morgan fingerprint density at radius 2 is 1.80 bits per heavy atom. The lowest BCUT2D eigenvalue weighted by atomic mass is 10.0. The first-order valence-corrected chi connectivity index (χ1v) is 6.51. The molecule has 0 saturated heterocycles. The zero-order valence-corrected chi connectivity index (χ0v) is 11.0. The highest BCUT2D eigenvalue weighted by molar-refractivity contribution is 9.13. The third-order valence-electron chi connectivity index (χ3n) is 2.79. The van der Waals surface area contributed by atoms with Crippen LogP contribution in [0.3, 0.4) is 0 Å². The molecule has 0 bridgehead atoms. The van der Waals surface area contributed by atoms with Crippen molar-refractivity contribution in [1.29, 1.82) is 0 Å². The number of benzene rings is 2. The predicted molar refractivity (Wildman–Crippen MR) is 72.5 cm³/mol. The van der Waals surface area contributed by atoms with Crippen molar-refractivity contribution in [3.8, 4) is 0 Å². The molecular weight excluding hydrogens is 316 g/mol. The van der Waals surface area contributed by atoms with Gasteiger partial charge in [-0.15, -0.1) is 0 Å². The summed E-state index contributed by atoms with van der Waals surface area (Å²) >= 11 is 7.29. The molecule has 2 aromatic carbocycles. The molecule has 0 fully saturated rings. The Morgan fingerprint density at radius 1 is 1.00 bits per heavy atom. The smallest absolute Gasteiger partial charge is 0.0722 e. The molecule has 15 heavy (non-hydrogen) atoms. The van der Waals surface area contributed by atoms with E-state index in [1.54, 1.807) is 0 Å². The summed E-state index contributed by atoms with van der Waals surface area (Å²) in [7, 11) is 0. The standard InChI is InChI=1S/C13H8Br2/c14-11-7-9-6-5-8-3-1-2-4-10(8)12(9)13(11)15/h1-7,13H. The molecule has 1 aliphatic carbocycles. The largest absolute Gasteiger partial charge is 0.0780 e. The van der Waals surface area contributed by atoms with Gasteiger partial charge >= 0.3 is 0 Å². The number of allylic oxidation sites excluding steroid dienone is 1. The summed E-state index contributed by atoms with van der Waals surface area (Å²) in [6.07, 6.45) is 2.18. The van der Waals surface area contributed by atoms with Crippen molar-refractivity contribution in [3.63, 3.8) is 0 Å². The van der Waals surface area contributed by atoms with Gasteiger partial charge in [-0.2, -0.15) is 0 Å². The number of hydrogen-bond donors (Lipinski definition) is 0. The van der Waals surface area contributed by atoms with Crippen molar-refractivity contribution in [2.24, 2.45) is 0 Å². The summed E-state index contributed by atoms with van der Waals surface area (Å²) in [4.78, 5) is 0.304. The van der Waals surface area contributed by atoms with E-state index in [9.17, 15) is 0 Å². The topological polar surface area (TPSA) is 0 Å². The van der Waals surface area contributed by atoms with Crippen LogP contribution in [0.4, 0.5) is 0 Å². The molecule has 0 saturated carbocycles. The molecule has 0 aromatic heterocycles. The van der Waals surface area contributed by atoms with E-state index < -0.39 is 0 Å². The zero-order chi connectivity index (χ0) is 10.4. The Balaban J connectivity index is 2.40. The van der Waals surface area contributed by atoms with Gasteiger partial charge in [-0.05, 0) is 28.0 Å². The molecule has 0 amide bonds. The van der Waals surface area contributed by atoms with Gasteiger partial charge in [-0.3, -0.25) is 0 Å². The quantitative estimate of drug-likeness (QED) is 0.597. The van der Waals surface area contributed by atoms with Crippen LogP contribution in [0.5, 0.6) is 0 Å². The summed E-state index contributed by atoms with van der Waals surface area (Å²) in [5, 5.41) is 2.64. The van der Waals surface area contributed by atoms with Gasteiger partial charge in [-0.25, -0.2) is 0 Å². The van der Waals surface area contributed by atoms with Gasteiger partial charge in [-0.1, -0.05) is 68.3 Å². The summed E-state index contributed by atoms with van der Waals surface area (Å²) in [5.41, 5.74) is 2.68. The van der Waals surface area contributed by atoms with Crippen molar-refractivity contribution < 1.29 is 0 Å². The lowest BCUT2D eigenvalue weighted by Gasteiger charge is -2.09. The number of hydrogen-bond acceptors (Lipinski definition) is 0. The van der Waals surface area contributed by atoms with E-state index in [0.29, 0.717) is 4.83 Å². The third-order valence-corrected chi connectivity index (χ3v) is 5.05. The van der Waals surface area contributed by atoms with Crippen molar-refractivity contribution in [2.45, 2.75) is 4.83 Å². The van der Waals surface area contributed by atoms with Gasteiger partial charge in [0.15, 0.2) is 0 Å². The van der Waals surface area contributed by atoms with Crippen molar-refractivity contribution in [3.05, 3.63) is 52.0 Å². The average molecular weight is 324 g/mol. The molecule has 2 heteroatoms. The van der Waals surface area contributed by atoms with Gasteiger partial charge in [0.1, 0.15) is 0 Å². The van der Waals surface area contributed by atoms with Gasteiger partial charge in [0.25, 0.3) is 0 Å². The first kappa shape index (κ1) is 9.61. The maximum absolute atomic E-state index is 3.71. The van der Waals surface area contributed by atoms with Crippen molar-refractivity contribution in [1.82, 2.24) is 0 Å². The molecule has 0 heterocycles. The Morgan fingerprint density at radius 3 is 2.67 bits per heavy atom. The molecular formula is C13H8Br2. The predicted octanol–water partition coefficient (Wildman–Crippen LogP) is 5.03. The van der Waals surface area contributed by atoms with Crippen molar-refractivity contribution >= 4 is 48.7 Å². The second kappa shape index (κ2) is 3.46. The van der Waals surface area contributed by atoms with Crippen LogP contribution in [0.2, 0.25) is 0 Å². The normalized spacial score (nSPS) is 19.1. The fourth-order valence-corrected chi connectivity index (χ4v) is 3.20. The van der Waals surface area contributed by atoms with E-state index in [0.717, 1.165) is 0 Å². The molecule has 2 aromatic rings. The molecule has 0 spiro atoms. The Bertz CT molecular complexity index is 570. The fourth-order valence-electron chi connectivity index (χ4n) is 2.08. The third kappa shape index (κ3) is 1.39. The van der Waals surface area contributed by atoms with Crippen molar-refractivity contribution in [2.75, 3.05) is 0 Å². The lowest BCUT2D eigenvalue weighted by Crippen LogP contribution is -1.88. The summed E-state index contributed by atoms with van der Waals surface area (Å²) < 4.78 is 1.20. The fraction of sp³-hybridized carbons (Fsp3) is 0.0769. The SMILES string of the molecule is BrC1=Cc2ccc3ccccc3c2C1Br.